The molecule has 0 radical (unpaired) electrons. The number of benzene rings is 1. The Morgan fingerprint density at radius 3 is 2.78 bits per heavy atom. The average molecular weight is 272 g/mol. The van der Waals surface area contributed by atoms with Gasteiger partial charge in [-0.05, 0) is 50.6 Å². The Balaban J connectivity index is 2.07. The summed E-state index contributed by atoms with van der Waals surface area (Å²) in [5, 5.41) is 4.06. The Morgan fingerprint density at radius 2 is 2.06 bits per heavy atom. The Labute approximate surface area is 114 Å². The number of nitrogens with one attached hydrogen (secondary N) is 1. The fourth-order valence-electron chi connectivity index (χ4n) is 1.58. The zero-order valence-corrected chi connectivity index (χ0v) is 11.9. The average Bonchev–Trinajstić information content (AvgIpc) is 2.35. The molecule has 3 nitrogen and oxygen atoms in total. The molecule has 0 aromatic heterocycles. The van der Waals surface area contributed by atoms with Gasteiger partial charge in [0.2, 0.25) is 0 Å². The number of aryl methyl sites for hydroxylation is 1. The summed E-state index contributed by atoms with van der Waals surface area (Å²) in [6.07, 6.45) is 1.04. The Hall–Kier alpha value is -0.770. The van der Waals surface area contributed by atoms with Crippen molar-refractivity contribution in [3.05, 3.63) is 28.8 Å². The van der Waals surface area contributed by atoms with E-state index < -0.39 is 0 Å². The molecule has 0 aliphatic rings. The van der Waals surface area contributed by atoms with Crippen LogP contribution in [-0.2, 0) is 4.74 Å². The van der Waals surface area contributed by atoms with E-state index in [9.17, 15) is 0 Å². The van der Waals surface area contributed by atoms with E-state index in [-0.39, 0.29) is 0 Å². The lowest BCUT2D eigenvalue weighted by atomic mass is 10.2. The molecule has 1 rings (SSSR count). The monoisotopic (exact) mass is 271 g/mol. The molecule has 1 aromatic carbocycles. The first kappa shape index (κ1) is 15.3. The van der Waals surface area contributed by atoms with Crippen molar-refractivity contribution in [1.82, 2.24) is 5.32 Å². The van der Waals surface area contributed by atoms with Crippen molar-refractivity contribution >= 4 is 11.6 Å². The first-order chi connectivity index (χ1) is 8.74. The van der Waals surface area contributed by atoms with E-state index in [2.05, 4.69) is 5.32 Å². The van der Waals surface area contributed by atoms with Crippen LogP contribution in [0.15, 0.2) is 18.2 Å². The van der Waals surface area contributed by atoms with E-state index in [4.69, 9.17) is 21.1 Å². The molecule has 1 N–H and O–H groups in total. The first-order valence-electron chi connectivity index (χ1n) is 6.41. The summed E-state index contributed by atoms with van der Waals surface area (Å²) in [6, 6.07) is 5.67. The second kappa shape index (κ2) is 9.20. The van der Waals surface area contributed by atoms with Crippen LogP contribution in [0.4, 0.5) is 0 Å². The zero-order valence-electron chi connectivity index (χ0n) is 11.2. The Kier molecular flexibility index (Phi) is 7.81. The molecule has 0 aliphatic heterocycles. The van der Waals surface area contributed by atoms with Crippen LogP contribution in [0.25, 0.3) is 0 Å². The number of rotatable bonds is 9. The highest BCUT2D eigenvalue weighted by atomic mass is 35.5. The minimum Gasteiger partial charge on any atom is -0.492 e. The fraction of sp³-hybridized carbons (Fsp3) is 0.571. The second-order valence-corrected chi connectivity index (χ2v) is 4.50. The van der Waals surface area contributed by atoms with Crippen LogP contribution in [0.5, 0.6) is 5.75 Å². The number of ether oxygens (including phenoxy) is 2. The van der Waals surface area contributed by atoms with E-state index in [1.807, 2.05) is 32.0 Å². The van der Waals surface area contributed by atoms with Gasteiger partial charge < -0.3 is 14.8 Å². The second-order valence-electron chi connectivity index (χ2n) is 4.06. The standard InChI is InChI=1S/C14H22ClNO2/c1-3-17-9-4-7-16-8-10-18-14-6-5-13(15)11-12(14)2/h5-6,11,16H,3-4,7-10H2,1-2H3. The van der Waals surface area contributed by atoms with Crippen LogP contribution in [0, 0.1) is 6.92 Å². The predicted octanol–water partition coefficient (Wildman–Crippen LogP) is 3.04. The van der Waals surface area contributed by atoms with Crippen LogP contribution < -0.4 is 10.1 Å². The van der Waals surface area contributed by atoms with Crippen molar-refractivity contribution in [3.63, 3.8) is 0 Å². The highest BCUT2D eigenvalue weighted by Gasteiger charge is 1.99. The van der Waals surface area contributed by atoms with Crippen molar-refractivity contribution in [2.75, 3.05) is 32.9 Å². The minimum absolute atomic E-state index is 0.664. The quantitative estimate of drug-likeness (QED) is 0.701. The third-order valence-electron chi connectivity index (χ3n) is 2.52. The SMILES string of the molecule is CCOCCCNCCOc1ccc(Cl)cc1C. The first-order valence-corrected chi connectivity index (χ1v) is 6.79. The molecule has 0 heterocycles. The highest BCUT2D eigenvalue weighted by Crippen LogP contribution is 2.21. The van der Waals surface area contributed by atoms with Gasteiger partial charge in [0.25, 0.3) is 0 Å². The molecule has 18 heavy (non-hydrogen) atoms. The van der Waals surface area contributed by atoms with E-state index in [0.29, 0.717) is 6.61 Å². The molecular formula is C14H22ClNO2. The van der Waals surface area contributed by atoms with Crippen molar-refractivity contribution in [1.29, 1.82) is 0 Å². The fourth-order valence-corrected chi connectivity index (χ4v) is 1.80. The van der Waals surface area contributed by atoms with Gasteiger partial charge in [-0.1, -0.05) is 11.6 Å². The molecule has 0 spiro atoms. The van der Waals surface area contributed by atoms with Gasteiger partial charge in [0.15, 0.2) is 0 Å². The van der Waals surface area contributed by atoms with Gasteiger partial charge in [-0.3, -0.25) is 0 Å². The predicted molar refractivity (Wildman–Crippen MR) is 75.7 cm³/mol. The number of hydrogen-bond acceptors (Lipinski definition) is 3. The maximum atomic E-state index is 5.88. The summed E-state index contributed by atoms with van der Waals surface area (Å²) in [6.45, 7) is 8.08. The topological polar surface area (TPSA) is 30.5 Å². The van der Waals surface area contributed by atoms with Gasteiger partial charge in [-0.15, -0.1) is 0 Å². The van der Waals surface area contributed by atoms with Crippen molar-refractivity contribution in [3.8, 4) is 5.75 Å². The van der Waals surface area contributed by atoms with Crippen LogP contribution in [0.1, 0.15) is 18.9 Å². The van der Waals surface area contributed by atoms with Gasteiger partial charge in [-0.2, -0.15) is 0 Å². The van der Waals surface area contributed by atoms with E-state index in [1.165, 1.54) is 0 Å². The molecule has 0 aliphatic carbocycles. The summed E-state index contributed by atoms with van der Waals surface area (Å²) in [7, 11) is 0. The molecule has 0 fully saturated rings. The summed E-state index contributed by atoms with van der Waals surface area (Å²) >= 11 is 5.88. The largest absolute Gasteiger partial charge is 0.492 e. The third kappa shape index (κ3) is 6.24. The lowest BCUT2D eigenvalue weighted by molar-refractivity contribution is 0.144. The normalized spacial score (nSPS) is 10.6. The number of hydrogen-bond donors (Lipinski definition) is 1. The molecule has 0 amide bonds. The van der Waals surface area contributed by atoms with E-state index >= 15 is 0 Å². The summed E-state index contributed by atoms with van der Waals surface area (Å²) in [5.74, 6) is 0.899. The highest BCUT2D eigenvalue weighted by molar-refractivity contribution is 6.30. The lowest BCUT2D eigenvalue weighted by Crippen LogP contribution is -2.23. The van der Waals surface area contributed by atoms with Crippen LogP contribution in [0.3, 0.4) is 0 Å². The summed E-state index contributed by atoms with van der Waals surface area (Å²) in [5.41, 5.74) is 1.07. The summed E-state index contributed by atoms with van der Waals surface area (Å²) < 4.78 is 10.9. The minimum atomic E-state index is 0.664. The van der Waals surface area contributed by atoms with E-state index in [0.717, 1.165) is 49.1 Å². The lowest BCUT2D eigenvalue weighted by Gasteiger charge is -2.10. The Morgan fingerprint density at radius 1 is 1.22 bits per heavy atom. The maximum absolute atomic E-state index is 5.88. The molecular weight excluding hydrogens is 250 g/mol. The zero-order chi connectivity index (χ0) is 13.2. The molecule has 0 unspecified atom stereocenters. The van der Waals surface area contributed by atoms with Gasteiger partial charge in [0.05, 0.1) is 0 Å². The summed E-state index contributed by atoms with van der Waals surface area (Å²) in [4.78, 5) is 0. The van der Waals surface area contributed by atoms with Crippen LogP contribution in [0.2, 0.25) is 5.02 Å². The van der Waals surface area contributed by atoms with Crippen LogP contribution in [-0.4, -0.2) is 32.9 Å². The molecule has 102 valence electrons. The molecule has 0 saturated carbocycles. The van der Waals surface area contributed by atoms with Crippen molar-refractivity contribution in [2.24, 2.45) is 0 Å². The molecule has 1 aromatic rings. The van der Waals surface area contributed by atoms with Crippen molar-refractivity contribution in [2.45, 2.75) is 20.3 Å². The van der Waals surface area contributed by atoms with Gasteiger partial charge in [0, 0.05) is 24.8 Å². The van der Waals surface area contributed by atoms with Crippen molar-refractivity contribution < 1.29 is 9.47 Å². The maximum Gasteiger partial charge on any atom is 0.122 e. The van der Waals surface area contributed by atoms with Gasteiger partial charge >= 0.3 is 0 Å². The number of halogens is 1. The molecule has 0 bridgehead atoms. The third-order valence-corrected chi connectivity index (χ3v) is 2.75. The molecule has 0 saturated heterocycles. The van der Waals surface area contributed by atoms with Crippen LogP contribution >= 0.6 is 11.6 Å². The Bertz CT molecular complexity index is 345. The molecule has 4 heteroatoms. The van der Waals surface area contributed by atoms with Gasteiger partial charge in [-0.25, -0.2) is 0 Å². The smallest absolute Gasteiger partial charge is 0.122 e. The van der Waals surface area contributed by atoms with Gasteiger partial charge in [0.1, 0.15) is 12.4 Å². The molecule has 0 atom stereocenters. The van der Waals surface area contributed by atoms with E-state index in [1.54, 1.807) is 0 Å².